The molecular formula is C14H19BrO. The Kier molecular flexibility index (Phi) is 2.61. The molecule has 0 spiro atoms. The van der Waals surface area contributed by atoms with Crippen molar-refractivity contribution in [3.05, 3.63) is 29.3 Å². The number of alkyl halides is 1. The molecule has 1 atom stereocenters. The molecule has 1 nitrogen and oxygen atoms in total. The maximum Gasteiger partial charge on any atom is 0.162 e. The Morgan fingerprint density at radius 1 is 1.25 bits per heavy atom. The SMILES string of the molecule is CC(C)(C)c1cccc2c1OC(Br)C2(C)C. The van der Waals surface area contributed by atoms with Gasteiger partial charge in [0.1, 0.15) is 5.75 Å². The lowest BCUT2D eigenvalue weighted by Crippen LogP contribution is -2.26. The van der Waals surface area contributed by atoms with Gasteiger partial charge in [0.25, 0.3) is 0 Å². The van der Waals surface area contributed by atoms with Crippen molar-refractivity contribution in [2.45, 2.75) is 50.5 Å². The molecule has 1 aliphatic heterocycles. The van der Waals surface area contributed by atoms with Crippen LogP contribution in [0.25, 0.3) is 0 Å². The molecule has 2 heteroatoms. The number of hydrogen-bond acceptors (Lipinski definition) is 1. The van der Waals surface area contributed by atoms with Gasteiger partial charge in [0.05, 0.1) is 0 Å². The molecule has 1 aliphatic rings. The number of benzene rings is 1. The highest BCUT2D eigenvalue weighted by molar-refractivity contribution is 9.09. The topological polar surface area (TPSA) is 9.23 Å². The van der Waals surface area contributed by atoms with Crippen molar-refractivity contribution in [3.8, 4) is 5.75 Å². The van der Waals surface area contributed by atoms with Crippen LogP contribution >= 0.6 is 15.9 Å². The third-order valence-electron chi connectivity index (χ3n) is 3.31. The zero-order valence-electron chi connectivity index (χ0n) is 10.6. The largest absolute Gasteiger partial charge is 0.478 e. The average molecular weight is 283 g/mol. The van der Waals surface area contributed by atoms with E-state index in [1.807, 2.05) is 0 Å². The summed E-state index contributed by atoms with van der Waals surface area (Å²) < 4.78 is 6.00. The van der Waals surface area contributed by atoms with Crippen LogP contribution < -0.4 is 4.74 Å². The summed E-state index contributed by atoms with van der Waals surface area (Å²) in [6, 6.07) is 6.47. The molecule has 0 saturated carbocycles. The van der Waals surface area contributed by atoms with Crippen molar-refractivity contribution in [1.29, 1.82) is 0 Å². The van der Waals surface area contributed by atoms with Gasteiger partial charge in [-0.1, -0.05) is 52.8 Å². The van der Waals surface area contributed by atoms with Crippen LogP contribution in [0.4, 0.5) is 0 Å². The first-order chi connectivity index (χ1) is 7.24. The van der Waals surface area contributed by atoms with Crippen molar-refractivity contribution in [1.82, 2.24) is 0 Å². The van der Waals surface area contributed by atoms with Crippen LogP contribution in [-0.4, -0.2) is 5.01 Å². The van der Waals surface area contributed by atoms with Crippen LogP contribution in [-0.2, 0) is 10.8 Å². The zero-order valence-corrected chi connectivity index (χ0v) is 12.2. The minimum atomic E-state index is 0.0383. The fourth-order valence-electron chi connectivity index (χ4n) is 2.14. The highest BCUT2D eigenvalue weighted by Crippen LogP contribution is 2.49. The summed E-state index contributed by atoms with van der Waals surface area (Å²) in [5, 5.41) is 0.0681. The minimum absolute atomic E-state index is 0.0383. The van der Waals surface area contributed by atoms with Gasteiger partial charge < -0.3 is 4.74 Å². The summed E-state index contributed by atoms with van der Waals surface area (Å²) in [4.78, 5) is 0. The van der Waals surface area contributed by atoms with E-state index in [9.17, 15) is 0 Å². The van der Waals surface area contributed by atoms with E-state index in [0.29, 0.717) is 0 Å². The van der Waals surface area contributed by atoms with Gasteiger partial charge in [0, 0.05) is 11.0 Å². The normalized spacial score (nSPS) is 22.8. The van der Waals surface area contributed by atoms with Crippen LogP contribution in [0, 0.1) is 0 Å². The molecular weight excluding hydrogens is 264 g/mol. The number of hydrogen-bond donors (Lipinski definition) is 0. The molecule has 0 N–H and O–H groups in total. The van der Waals surface area contributed by atoms with Crippen molar-refractivity contribution in [2.75, 3.05) is 0 Å². The number of halogens is 1. The third-order valence-corrected chi connectivity index (χ3v) is 4.64. The Hall–Kier alpha value is -0.500. The van der Waals surface area contributed by atoms with E-state index in [-0.39, 0.29) is 15.8 Å². The van der Waals surface area contributed by atoms with Crippen LogP contribution in [0.15, 0.2) is 18.2 Å². The van der Waals surface area contributed by atoms with E-state index < -0.39 is 0 Å². The molecule has 0 amide bonds. The van der Waals surface area contributed by atoms with E-state index >= 15 is 0 Å². The second-order valence-corrected chi connectivity index (χ2v) is 6.92. The number of ether oxygens (including phenoxy) is 1. The maximum atomic E-state index is 6.00. The highest BCUT2D eigenvalue weighted by Gasteiger charge is 2.42. The monoisotopic (exact) mass is 282 g/mol. The molecule has 0 fully saturated rings. The Morgan fingerprint density at radius 3 is 2.44 bits per heavy atom. The van der Waals surface area contributed by atoms with E-state index in [1.54, 1.807) is 0 Å². The molecule has 1 aromatic carbocycles. The Balaban J connectivity index is 2.62. The van der Waals surface area contributed by atoms with Crippen LogP contribution in [0.2, 0.25) is 0 Å². The van der Waals surface area contributed by atoms with Crippen molar-refractivity contribution in [2.24, 2.45) is 0 Å². The van der Waals surface area contributed by atoms with Crippen molar-refractivity contribution < 1.29 is 4.74 Å². The van der Waals surface area contributed by atoms with Crippen LogP contribution in [0.3, 0.4) is 0 Å². The summed E-state index contributed by atoms with van der Waals surface area (Å²) in [7, 11) is 0. The molecule has 16 heavy (non-hydrogen) atoms. The van der Waals surface area contributed by atoms with Crippen molar-refractivity contribution >= 4 is 15.9 Å². The number of fused-ring (bicyclic) bond motifs is 1. The lowest BCUT2D eigenvalue weighted by Gasteiger charge is -2.22. The van der Waals surface area contributed by atoms with Gasteiger partial charge in [-0.2, -0.15) is 0 Å². The zero-order chi connectivity index (χ0) is 12.1. The van der Waals surface area contributed by atoms with Crippen LogP contribution in [0.5, 0.6) is 5.75 Å². The van der Waals surface area contributed by atoms with Gasteiger partial charge in [0.15, 0.2) is 5.01 Å². The quantitative estimate of drug-likeness (QED) is 0.642. The molecule has 1 heterocycles. The standard InChI is InChI=1S/C14H19BrO/c1-13(2,3)9-7-6-8-10-11(9)16-12(15)14(10,4)5/h6-8,12H,1-5H3. The molecule has 88 valence electrons. The lowest BCUT2D eigenvalue weighted by atomic mass is 9.81. The molecule has 0 saturated heterocycles. The first kappa shape index (κ1) is 12.0. The smallest absolute Gasteiger partial charge is 0.162 e. The number of para-hydroxylation sites is 1. The molecule has 1 aromatic rings. The van der Waals surface area contributed by atoms with Gasteiger partial charge in [-0.25, -0.2) is 0 Å². The Labute approximate surface area is 106 Å². The van der Waals surface area contributed by atoms with E-state index in [0.717, 1.165) is 5.75 Å². The molecule has 0 aromatic heterocycles. The van der Waals surface area contributed by atoms with Gasteiger partial charge >= 0.3 is 0 Å². The number of rotatable bonds is 0. The Bertz CT molecular complexity index is 415. The summed E-state index contributed by atoms with van der Waals surface area (Å²) in [5.74, 6) is 1.07. The third kappa shape index (κ3) is 1.67. The van der Waals surface area contributed by atoms with Gasteiger partial charge in [-0.15, -0.1) is 0 Å². The predicted octanol–water partition coefficient (Wildman–Crippen LogP) is 4.38. The second-order valence-electron chi connectivity index (χ2n) is 6.09. The summed E-state index contributed by atoms with van der Waals surface area (Å²) >= 11 is 3.62. The fourth-order valence-corrected chi connectivity index (χ4v) is 2.57. The first-order valence-electron chi connectivity index (χ1n) is 5.69. The molecule has 1 unspecified atom stereocenters. The second kappa shape index (κ2) is 3.49. The van der Waals surface area contributed by atoms with E-state index in [4.69, 9.17) is 4.74 Å². The first-order valence-corrected chi connectivity index (χ1v) is 6.61. The molecule has 0 bridgehead atoms. The Morgan fingerprint density at radius 2 is 1.88 bits per heavy atom. The van der Waals surface area contributed by atoms with E-state index in [1.165, 1.54) is 11.1 Å². The van der Waals surface area contributed by atoms with Crippen molar-refractivity contribution in [3.63, 3.8) is 0 Å². The summed E-state index contributed by atoms with van der Waals surface area (Å²) in [6.45, 7) is 11.1. The van der Waals surface area contributed by atoms with Gasteiger partial charge in [0.2, 0.25) is 0 Å². The molecule has 0 aliphatic carbocycles. The predicted molar refractivity (Wildman–Crippen MR) is 71.5 cm³/mol. The maximum absolute atomic E-state index is 6.00. The average Bonchev–Trinajstić information content (AvgIpc) is 2.37. The van der Waals surface area contributed by atoms with Gasteiger partial charge in [-0.05, 0) is 26.9 Å². The van der Waals surface area contributed by atoms with E-state index in [2.05, 4.69) is 68.7 Å². The lowest BCUT2D eigenvalue weighted by molar-refractivity contribution is 0.258. The fraction of sp³-hybridized carbons (Fsp3) is 0.571. The van der Waals surface area contributed by atoms with Gasteiger partial charge in [-0.3, -0.25) is 0 Å². The molecule has 2 rings (SSSR count). The highest BCUT2D eigenvalue weighted by atomic mass is 79.9. The van der Waals surface area contributed by atoms with Crippen LogP contribution in [0.1, 0.15) is 45.7 Å². The summed E-state index contributed by atoms with van der Waals surface area (Å²) in [5.41, 5.74) is 2.76. The molecule has 0 radical (unpaired) electrons. The minimum Gasteiger partial charge on any atom is -0.478 e. The summed E-state index contributed by atoms with van der Waals surface area (Å²) in [6.07, 6.45) is 0.